The van der Waals surface area contributed by atoms with Gasteiger partial charge >= 0.3 is 0 Å². The standard InChI is InChI=1S/C15H20O3/c1-9(2)6-5-7-10(3)13-14(17)11(4)8-12(16)15(13)18/h6,8,10,17H,5,7H2,1-4H3/t10-/m1/s1. The van der Waals surface area contributed by atoms with Crippen LogP contribution < -0.4 is 0 Å². The van der Waals surface area contributed by atoms with E-state index < -0.39 is 11.6 Å². The summed E-state index contributed by atoms with van der Waals surface area (Å²) in [6, 6.07) is 0. The number of aliphatic hydroxyl groups excluding tert-OH is 1. The fraction of sp³-hybridized carbons (Fsp3) is 0.467. The summed E-state index contributed by atoms with van der Waals surface area (Å²) in [6.07, 6.45) is 4.87. The van der Waals surface area contributed by atoms with Gasteiger partial charge in [0.25, 0.3) is 0 Å². The van der Waals surface area contributed by atoms with Crippen LogP contribution in [0.1, 0.15) is 40.5 Å². The molecule has 1 rings (SSSR count). The van der Waals surface area contributed by atoms with Crippen LogP contribution in [0.3, 0.4) is 0 Å². The Bertz CT molecular complexity index is 460. The van der Waals surface area contributed by atoms with E-state index in [9.17, 15) is 14.7 Å². The molecular formula is C15H20O3. The third-order valence-corrected chi connectivity index (χ3v) is 3.09. The molecule has 0 heterocycles. The first kappa shape index (κ1) is 14.4. The van der Waals surface area contributed by atoms with Crippen molar-refractivity contribution in [3.63, 3.8) is 0 Å². The van der Waals surface area contributed by atoms with Gasteiger partial charge in [-0.3, -0.25) is 9.59 Å². The zero-order valence-corrected chi connectivity index (χ0v) is 11.4. The van der Waals surface area contributed by atoms with E-state index in [0.717, 1.165) is 12.8 Å². The third kappa shape index (κ3) is 3.19. The van der Waals surface area contributed by atoms with Gasteiger partial charge in [-0.25, -0.2) is 0 Å². The fourth-order valence-corrected chi connectivity index (χ4v) is 2.01. The molecule has 1 N–H and O–H groups in total. The van der Waals surface area contributed by atoms with E-state index in [1.54, 1.807) is 6.92 Å². The molecule has 0 saturated carbocycles. The van der Waals surface area contributed by atoms with Crippen molar-refractivity contribution in [2.75, 3.05) is 0 Å². The Morgan fingerprint density at radius 2 is 2.00 bits per heavy atom. The maximum atomic E-state index is 11.8. The predicted molar refractivity (Wildman–Crippen MR) is 71.3 cm³/mol. The minimum absolute atomic E-state index is 0.0238. The molecule has 18 heavy (non-hydrogen) atoms. The lowest BCUT2D eigenvalue weighted by Crippen LogP contribution is -2.24. The minimum atomic E-state index is -0.567. The first-order valence-corrected chi connectivity index (χ1v) is 6.18. The highest BCUT2D eigenvalue weighted by molar-refractivity contribution is 6.48. The lowest BCUT2D eigenvalue weighted by atomic mass is 9.85. The number of aliphatic hydroxyl groups is 1. The molecule has 0 aromatic carbocycles. The average molecular weight is 248 g/mol. The molecular weight excluding hydrogens is 228 g/mol. The van der Waals surface area contributed by atoms with E-state index in [1.807, 2.05) is 20.8 Å². The summed E-state index contributed by atoms with van der Waals surface area (Å²) in [5.41, 5.74) is 1.97. The fourth-order valence-electron chi connectivity index (χ4n) is 2.01. The quantitative estimate of drug-likeness (QED) is 0.472. The maximum absolute atomic E-state index is 11.8. The molecule has 0 radical (unpaired) electrons. The highest BCUT2D eigenvalue weighted by Crippen LogP contribution is 2.27. The number of carbonyl (C=O) groups is 2. The summed E-state index contributed by atoms with van der Waals surface area (Å²) in [7, 11) is 0. The Hall–Kier alpha value is -1.64. The average Bonchev–Trinajstić information content (AvgIpc) is 2.26. The van der Waals surface area contributed by atoms with Crippen molar-refractivity contribution in [1.82, 2.24) is 0 Å². The molecule has 98 valence electrons. The van der Waals surface area contributed by atoms with Crippen LogP contribution in [0, 0.1) is 5.92 Å². The van der Waals surface area contributed by atoms with Gasteiger partial charge in [0.05, 0.1) is 0 Å². The van der Waals surface area contributed by atoms with Crippen LogP contribution in [-0.4, -0.2) is 16.7 Å². The molecule has 0 saturated heterocycles. The Morgan fingerprint density at radius 1 is 1.39 bits per heavy atom. The molecule has 1 aliphatic carbocycles. The van der Waals surface area contributed by atoms with Crippen molar-refractivity contribution in [2.24, 2.45) is 5.92 Å². The van der Waals surface area contributed by atoms with E-state index in [2.05, 4.69) is 6.08 Å². The number of rotatable bonds is 4. The van der Waals surface area contributed by atoms with E-state index in [-0.39, 0.29) is 17.3 Å². The van der Waals surface area contributed by atoms with E-state index in [4.69, 9.17) is 0 Å². The molecule has 3 nitrogen and oxygen atoms in total. The van der Waals surface area contributed by atoms with Gasteiger partial charge in [0, 0.05) is 5.57 Å². The van der Waals surface area contributed by atoms with Gasteiger partial charge in [0.1, 0.15) is 5.76 Å². The summed E-state index contributed by atoms with van der Waals surface area (Å²) in [6.45, 7) is 7.55. The summed E-state index contributed by atoms with van der Waals surface area (Å²) in [4.78, 5) is 23.3. The number of ketones is 2. The SMILES string of the molecule is CC(C)=CCC[C@@H](C)C1=C(O)C(C)=CC(=O)C1=O. The molecule has 0 fully saturated rings. The van der Waals surface area contributed by atoms with Gasteiger partial charge in [-0.1, -0.05) is 18.6 Å². The van der Waals surface area contributed by atoms with Crippen molar-refractivity contribution in [3.05, 3.63) is 34.6 Å². The van der Waals surface area contributed by atoms with Crippen LogP contribution >= 0.6 is 0 Å². The van der Waals surface area contributed by atoms with Gasteiger partial charge in [-0.15, -0.1) is 0 Å². The van der Waals surface area contributed by atoms with Crippen LogP contribution in [0.2, 0.25) is 0 Å². The first-order valence-electron chi connectivity index (χ1n) is 6.18. The minimum Gasteiger partial charge on any atom is -0.507 e. The van der Waals surface area contributed by atoms with Crippen molar-refractivity contribution < 1.29 is 14.7 Å². The Morgan fingerprint density at radius 3 is 2.56 bits per heavy atom. The second kappa shape index (κ2) is 5.80. The topological polar surface area (TPSA) is 54.4 Å². The Balaban J connectivity index is 2.89. The molecule has 0 aliphatic heterocycles. The normalized spacial score (nSPS) is 17.7. The smallest absolute Gasteiger partial charge is 0.232 e. The van der Waals surface area contributed by atoms with Gasteiger partial charge in [-0.05, 0) is 51.2 Å². The monoisotopic (exact) mass is 248 g/mol. The highest BCUT2D eigenvalue weighted by atomic mass is 16.3. The van der Waals surface area contributed by atoms with Gasteiger partial charge in [-0.2, -0.15) is 0 Å². The Kier molecular flexibility index (Phi) is 4.65. The van der Waals surface area contributed by atoms with Gasteiger partial charge in [0.2, 0.25) is 11.6 Å². The van der Waals surface area contributed by atoms with Crippen LogP contribution in [0.4, 0.5) is 0 Å². The van der Waals surface area contributed by atoms with E-state index >= 15 is 0 Å². The van der Waals surface area contributed by atoms with Crippen LogP contribution in [0.5, 0.6) is 0 Å². The maximum Gasteiger partial charge on any atom is 0.232 e. The lowest BCUT2D eigenvalue weighted by Gasteiger charge is -2.19. The largest absolute Gasteiger partial charge is 0.507 e. The van der Waals surface area contributed by atoms with Crippen LogP contribution in [-0.2, 0) is 9.59 Å². The zero-order valence-electron chi connectivity index (χ0n) is 11.4. The summed E-state index contributed by atoms with van der Waals surface area (Å²) < 4.78 is 0. The molecule has 1 aliphatic rings. The highest BCUT2D eigenvalue weighted by Gasteiger charge is 2.30. The third-order valence-electron chi connectivity index (χ3n) is 3.09. The molecule has 0 bridgehead atoms. The van der Waals surface area contributed by atoms with Crippen molar-refractivity contribution in [1.29, 1.82) is 0 Å². The number of hydrogen-bond acceptors (Lipinski definition) is 3. The van der Waals surface area contributed by atoms with Crippen molar-refractivity contribution >= 4 is 11.6 Å². The molecule has 1 atom stereocenters. The molecule has 3 heteroatoms. The molecule has 0 aromatic rings. The second-order valence-electron chi connectivity index (χ2n) is 5.04. The van der Waals surface area contributed by atoms with Crippen molar-refractivity contribution in [2.45, 2.75) is 40.5 Å². The molecule has 0 spiro atoms. The van der Waals surface area contributed by atoms with Crippen LogP contribution in [0.15, 0.2) is 34.6 Å². The summed E-state index contributed by atoms with van der Waals surface area (Å²) >= 11 is 0. The second-order valence-corrected chi connectivity index (χ2v) is 5.04. The predicted octanol–water partition coefficient (Wildman–Crippen LogP) is 3.28. The summed E-state index contributed by atoms with van der Waals surface area (Å²) in [5, 5.41) is 9.93. The number of Topliss-reactive ketones (excluding diaryl/α,β-unsaturated/α-hetero) is 1. The lowest BCUT2D eigenvalue weighted by molar-refractivity contribution is -0.132. The zero-order chi connectivity index (χ0) is 13.9. The Labute approximate surface area is 108 Å². The molecule has 0 unspecified atom stereocenters. The number of carbonyl (C=O) groups excluding carboxylic acids is 2. The van der Waals surface area contributed by atoms with E-state index in [1.165, 1.54) is 11.6 Å². The van der Waals surface area contributed by atoms with Gasteiger partial charge < -0.3 is 5.11 Å². The number of allylic oxidation sites excluding steroid dienone is 5. The molecule has 0 aromatic heterocycles. The first-order chi connectivity index (χ1) is 8.34. The molecule has 0 amide bonds. The van der Waals surface area contributed by atoms with Gasteiger partial charge in [0.15, 0.2) is 0 Å². The number of hydrogen-bond donors (Lipinski definition) is 1. The summed E-state index contributed by atoms with van der Waals surface area (Å²) in [5.74, 6) is -1.23. The van der Waals surface area contributed by atoms with Crippen LogP contribution in [0.25, 0.3) is 0 Å². The van der Waals surface area contributed by atoms with E-state index in [0.29, 0.717) is 5.57 Å². The van der Waals surface area contributed by atoms with Crippen molar-refractivity contribution in [3.8, 4) is 0 Å².